The lowest BCUT2D eigenvalue weighted by atomic mass is 9.82. The molecule has 0 aliphatic carbocycles. The number of piperazine rings is 1. The zero-order valence-corrected chi connectivity index (χ0v) is 48.2. The summed E-state index contributed by atoms with van der Waals surface area (Å²) in [5, 5.41) is 9.91. The van der Waals surface area contributed by atoms with Gasteiger partial charge in [0.15, 0.2) is 6.79 Å². The molecule has 34 heteroatoms. The standard InChI is InChI=1S/C53H62F10N11O12P/c1-50(2,52(58,59)60)42(67-48(77)82-5)44(75)66-40(17-30-10-7-29(8-11-30)9-12-31-20-64-47(65-21-31)71-22-33-13-14-34(23-71)74(33)35-26-84-27-35)41(85-28-86-87(79,80)81)25-72(70-45(76)43(68-49(78)83-6)51(3,4)53(61,62)63)24-36-37(54)18-32(19-38(36)55)39-15-16-73(69-39)46(56)57/h7-8,10-11,15-16,18-21,33-35,40-43,46H,13-14,17,22-28H2,1-6H3,(H,66,75)(H,67,77)(H,68,78)(H,70,76)(H2,79,80,81)/t33?,34?,40-,41-,42+,43+/m0/s1. The number of amides is 4. The van der Waals surface area contributed by atoms with Crippen molar-refractivity contribution < 1.29 is 101 Å². The number of hydrogen-bond donors (Lipinski definition) is 6. The number of phosphoric acid groups is 1. The van der Waals surface area contributed by atoms with Crippen molar-refractivity contribution in [3.8, 4) is 23.1 Å². The second-order valence-electron chi connectivity index (χ2n) is 21.7. The Morgan fingerprint density at radius 3 is 1.82 bits per heavy atom. The van der Waals surface area contributed by atoms with Gasteiger partial charge in [0.2, 0.25) is 11.9 Å². The molecule has 6 N–H and O–H groups in total. The number of methoxy groups -OCH3 is 2. The Labute approximate surface area is 490 Å². The number of hydrogen-bond acceptors (Lipinski definition) is 16. The summed E-state index contributed by atoms with van der Waals surface area (Å²) in [5.74, 6) is 0.00661. The number of hydrazine groups is 1. The third-order valence-electron chi connectivity index (χ3n) is 15.1. The summed E-state index contributed by atoms with van der Waals surface area (Å²) in [4.78, 5) is 86.9. The van der Waals surface area contributed by atoms with E-state index in [-0.39, 0.29) is 15.9 Å². The van der Waals surface area contributed by atoms with Gasteiger partial charge < -0.3 is 49.6 Å². The molecular formula is C53H62F10N11O12P. The summed E-state index contributed by atoms with van der Waals surface area (Å²) < 4.78 is 185. The van der Waals surface area contributed by atoms with Gasteiger partial charge >= 0.3 is 38.9 Å². The van der Waals surface area contributed by atoms with Crippen LogP contribution in [-0.2, 0) is 50.6 Å². The lowest BCUT2D eigenvalue weighted by molar-refractivity contribution is -0.221. The quantitative estimate of drug-likeness (QED) is 0.0161. The number of phosphoric ester groups is 1. The third kappa shape index (κ3) is 16.7. The molecule has 3 fully saturated rings. The number of halogens is 10. The second kappa shape index (κ2) is 27.5. The van der Waals surface area contributed by atoms with E-state index in [2.05, 4.69) is 56.0 Å². The number of alkyl carbamates (subject to hydrolysis) is 2. The minimum absolute atomic E-state index is 0.164. The Kier molecular flexibility index (Phi) is 21.3. The van der Waals surface area contributed by atoms with E-state index >= 15 is 8.78 Å². The van der Waals surface area contributed by atoms with E-state index in [1.807, 2.05) is 10.7 Å². The smallest absolute Gasteiger partial charge is 0.453 e. The Morgan fingerprint density at radius 1 is 0.793 bits per heavy atom. The number of benzene rings is 2. The highest BCUT2D eigenvalue weighted by atomic mass is 31.2. The van der Waals surface area contributed by atoms with Gasteiger partial charge in [0.05, 0.1) is 67.7 Å². The first-order chi connectivity index (χ1) is 40.7. The molecule has 2 aromatic heterocycles. The highest BCUT2D eigenvalue weighted by molar-refractivity contribution is 7.46. The molecule has 23 nitrogen and oxygen atoms in total. The topological polar surface area (TPSA) is 273 Å². The van der Waals surface area contributed by atoms with Crippen LogP contribution in [0.5, 0.6) is 0 Å². The van der Waals surface area contributed by atoms with Crippen LogP contribution in [0, 0.1) is 34.3 Å². The van der Waals surface area contributed by atoms with Crippen molar-refractivity contribution in [2.24, 2.45) is 10.8 Å². The predicted octanol–water partition coefficient (Wildman–Crippen LogP) is 6.10. The van der Waals surface area contributed by atoms with Gasteiger partial charge in [-0.2, -0.15) is 40.2 Å². The molecule has 3 aliphatic heterocycles. The van der Waals surface area contributed by atoms with Crippen molar-refractivity contribution in [3.63, 3.8) is 0 Å². The number of nitrogens with one attached hydrogen (secondary N) is 4. The molecule has 87 heavy (non-hydrogen) atoms. The lowest BCUT2D eigenvalue weighted by Crippen LogP contribution is -2.64. The van der Waals surface area contributed by atoms with Crippen LogP contribution in [0.25, 0.3) is 11.3 Å². The van der Waals surface area contributed by atoms with Gasteiger partial charge in [0.25, 0.3) is 5.91 Å². The summed E-state index contributed by atoms with van der Waals surface area (Å²) in [6.45, 7) is -2.15. The number of aromatic nitrogens is 4. The first kappa shape index (κ1) is 67.3. The number of carbonyl (C=O) groups is 4. The highest BCUT2D eigenvalue weighted by Crippen LogP contribution is 2.43. The SMILES string of the molecule is COC(=O)N[C@H](C(=O)N[C@@H](Cc1ccc(C#Cc2cnc(N3CC4CCC(C3)N4C3COC3)nc2)cc1)[C@H](CN(Cc1c(F)cc(-c2ccn(C(F)F)n2)cc1F)NC(=O)[C@@H](NC(=O)OC)C(C)(C)C(F)(F)F)OCOP(=O)(O)O)C(C)(C)C(F)(F)F. The molecule has 2 unspecified atom stereocenters. The van der Waals surface area contributed by atoms with Gasteiger partial charge in [-0.3, -0.25) is 24.4 Å². The van der Waals surface area contributed by atoms with Crippen molar-refractivity contribution in [3.05, 3.63) is 94.9 Å². The first-order valence-corrected chi connectivity index (χ1v) is 28.1. The van der Waals surface area contributed by atoms with Crippen molar-refractivity contribution >= 4 is 37.8 Å². The van der Waals surface area contributed by atoms with Crippen LogP contribution in [0.15, 0.2) is 61.1 Å². The molecule has 6 atom stereocenters. The van der Waals surface area contributed by atoms with Gasteiger partial charge in [-0.1, -0.05) is 24.0 Å². The maximum absolute atomic E-state index is 16.3. The fourth-order valence-corrected chi connectivity index (χ4v) is 10.1. The number of rotatable bonds is 23. The van der Waals surface area contributed by atoms with E-state index in [0.29, 0.717) is 93.3 Å². The van der Waals surface area contributed by atoms with E-state index < -0.39 is 135 Å². The second-order valence-corrected chi connectivity index (χ2v) is 23.0. The van der Waals surface area contributed by atoms with Crippen LogP contribution in [0.4, 0.5) is 59.4 Å². The van der Waals surface area contributed by atoms with Crippen LogP contribution in [0.2, 0.25) is 0 Å². The van der Waals surface area contributed by atoms with Gasteiger partial charge in [0.1, 0.15) is 23.7 Å². The van der Waals surface area contributed by atoms with E-state index in [4.69, 9.17) is 9.47 Å². The Morgan fingerprint density at radius 2 is 1.33 bits per heavy atom. The van der Waals surface area contributed by atoms with Crippen LogP contribution in [0.3, 0.4) is 0 Å². The third-order valence-corrected chi connectivity index (χ3v) is 15.6. The van der Waals surface area contributed by atoms with E-state index in [1.54, 1.807) is 17.7 Å². The molecular weight excluding hydrogens is 1200 g/mol. The number of anilines is 1. The van der Waals surface area contributed by atoms with Gasteiger partial charge in [-0.15, -0.1) is 0 Å². The molecule has 3 aliphatic rings. The Hall–Kier alpha value is -7.18. The van der Waals surface area contributed by atoms with E-state index in [1.165, 1.54) is 24.3 Å². The molecule has 2 bridgehead atoms. The van der Waals surface area contributed by atoms with Crippen LogP contribution in [-0.4, -0.2) is 172 Å². The minimum atomic E-state index is -5.51. The number of nitrogens with zero attached hydrogens (tertiary/aromatic N) is 7. The van der Waals surface area contributed by atoms with Crippen LogP contribution >= 0.6 is 7.82 Å². The van der Waals surface area contributed by atoms with E-state index in [0.717, 1.165) is 52.4 Å². The largest absolute Gasteiger partial charge is 0.471 e. The normalized spacial score (nSPS) is 18.2. The monoisotopic (exact) mass is 1270 g/mol. The molecule has 0 saturated carbocycles. The lowest BCUT2D eigenvalue weighted by Gasteiger charge is -2.47. The Bertz CT molecular complexity index is 3160. The molecule has 0 radical (unpaired) electrons. The molecule has 4 aromatic rings. The van der Waals surface area contributed by atoms with Crippen LogP contribution in [0.1, 0.15) is 69.3 Å². The van der Waals surface area contributed by atoms with Gasteiger partial charge in [-0.25, -0.2) is 42.6 Å². The maximum atomic E-state index is 16.3. The van der Waals surface area contributed by atoms with Crippen molar-refractivity contribution in [1.29, 1.82) is 0 Å². The maximum Gasteiger partial charge on any atom is 0.471 e. The number of fused-ring (bicyclic) bond motifs is 2. The molecule has 3 saturated heterocycles. The predicted molar refractivity (Wildman–Crippen MR) is 284 cm³/mol. The minimum Gasteiger partial charge on any atom is -0.453 e. The zero-order chi connectivity index (χ0) is 64.0. The highest BCUT2D eigenvalue weighted by Gasteiger charge is 2.57. The average Bonchev–Trinajstić information content (AvgIpc) is 1.98. The Balaban J connectivity index is 1.26. The van der Waals surface area contributed by atoms with Crippen molar-refractivity contribution in [2.75, 3.05) is 58.8 Å². The number of alkyl halides is 8. The van der Waals surface area contributed by atoms with Crippen molar-refractivity contribution in [2.45, 2.75) is 115 Å². The molecule has 7 rings (SSSR count). The first-order valence-electron chi connectivity index (χ1n) is 26.5. The molecule has 0 spiro atoms. The van der Waals surface area contributed by atoms with Crippen LogP contribution < -0.4 is 26.3 Å². The van der Waals surface area contributed by atoms with Crippen molar-refractivity contribution in [1.82, 2.24) is 51.0 Å². The molecule has 4 amide bonds. The number of ether oxygens (including phenoxy) is 4. The summed E-state index contributed by atoms with van der Waals surface area (Å²) in [6, 6.07) is 1.93. The molecule has 476 valence electrons. The van der Waals surface area contributed by atoms with Gasteiger partial charge in [0, 0.05) is 73.5 Å². The van der Waals surface area contributed by atoms with Gasteiger partial charge in [-0.05, 0) is 82.9 Å². The molecule has 5 heterocycles. The molecule has 2 aromatic carbocycles. The summed E-state index contributed by atoms with van der Waals surface area (Å²) in [6.07, 6.45) is -10.4. The fourth-order valence-electron chi connectivity index (χ4n) is 9.90. The number of carbonyl (C=O) groups excluding carboxylic acids is 4. The summed E-state index contributed by atoms with van der Waals surface area (Å²) in [5.41, 5.74) is -5.19. The average molecular weight is 1270 g/mol. The summed E-state index contributed by atoms with van der Waals surface area (Å²) in [7, 11) is -3.99. The van der Waals surface area contributed by atoms with E-state index in [9.17, 15) is 68.7 Å². The summed E-state index contributed by atoms with van der Waals surface area (Å²) >= 11 is 0. The zero-order valence-electron chi connectivity index (χ0n) is 47.3. The fraction of sp³-hybridized carbons (Fsp3) is 0.528.